The van der Waals surface area contributed by atoms with E-state index in [0.717, 1.165) is 89.9 Å². The van der Waals surface area contributed by atoms with Gasteiger partial charge < -0.3 is 24.2 Å². The maximum absolute atomic E-state index is 5.87. The number of aromatic amines is 2. The third kappa shape index (κ3) is 4.46. The average Bonchev–Trinajstić information content (AvgIpc) is 3.59. The fraction of sp³-hybridized carbons (Fsp3) is 0.294. The number of para-hydroxylation sites is 1. The van der Waals surface area contributed by atoms with Crippen molar-refractivity contribution in [2.45, 2.75) is 31.6 Å². The molecule has 41 heavy (non-hydrogen) atoms. The number of H-pyrrole nitrogens is 2. The van der Waals surface area contributed by atoms with Crippen molar-refractivity contribution in [1.29, 1.82) is 0 Å². The molecule has 0 spiro atoms. The standard InChI is InChI=1S/C34H34N4O3/c1-39-21-8-10-24-26-12-14-35-30(33(26)37-28(24)18-21)16-20(23-6-4-5-7-32(23)41-3)17-31-34-27(13-15-36-31)25-11-9-22(40-2)19-29(25)38-34/h4-11,18-20,37-38H,12-17H2,1-3H3. The number of nitrogens with one attached hydrogen (secondary N) is 2. The molecule has 0 saturated carbocycles. The zero-order chi connectivity index (χ0) is 27.9. The highest BCUT2D eigenvalue weighted by molar-refractivity contribution is 6.09. The van der Waals surface area contributed by atoms with Crippen LogP contribution in [0.2, 0.25) is 0 Å². The normalized spacial score (nSPS) is 14.5. The van der Waals surface area contributed by atoms with E-state index in [1.54, 1.807) is 21.3 Å². The minimum absolute atomic E-state index is 0.127. The zero-order valence-corrected chi connectivity index (χ0v) is 23.7. The van der Waals surface area contributed by atoms with Gasteiger partial charge in [-0.05, 0) is 78.6 Å². The molecule has 2 aliphatic rings. The summed E-state index contributed by atoms with van der Waals surface area (Å²) in [5, 5.41) is 2.49. The van der Waals surface area contributed by atoms with E-state index >= 15 is 0 Å². The van der Waals surface area contributed by atoms with Crippen LogP contribution in [0.5, 0.6) is 17.2 Å². The fourth-order valence-electron chi connectivity index (χ4n) is 6.59. The van der Waals surface area contributed by atoms with Crippen LogP contribution in [0.15, 0.2) is 70.6 Å². The lowest BCUT2D eigenvalue weighted by Gasteiger charge is -2.24. The number of hydrogen-bond donors (Lipinski definition) is 2. The summed E-state index contributed by atoms with van der Waals surface area (Å²) < 4.78 is 16.8. The molecule has 3 aromatic carbocycles. The van der Waals surface area contributed by atoms with E-state index in [1.807, 2.05) is 18.2 Å². The Kier molecular flexibility index (Phi) is 6.50. The molecule has 2 N–H and O–H groups in total. The molecule has 4 heterocycles. The SMILES string of the molecule is COc1ccc2c3c([nH]c2c1)C(CC(CC1=NCCc2c1[nH]c1cc(OC)ccc21)c1ccccc1OC)=NCC3. The van der Waals surface area contributed by atoms with Gasteiger partial charge >= 0.3 is 0 Å². The molecular weight excluding hydrogens is 512 g/mol. The zero-order valence-electron chi connectivity index (χ0n) is 23.7. The monoisotopic (exact) mass is 546 g/mol. The predicted octanol–water partition coefficient (Wildman–Crippen LogP) is 6.63. The predicted molar refractivity (Wildman–Crippen MR) is 165 cm³/mol. The van der Waals surface area contributed by atoms with Gasteiger partial charge in [-0.25, -0.2) is 0 Å². The molecule has 7 rings (SSSR count). The second-order valence-electron chi connectivity index (χ2n) is 10.8. The van der Waals surface area contributed by atoms with Crippen LogP contribution < -0.4 is 14.2 Å². The molecule has 0 aliphatic carbocycles. The molecule has 0 amide bonds. The first-order valence-electron chi connectivity index (χ1n) is 14.2. The Morgan fingerprint density at radius 2 is 1.22 bits per heavy atom. The first-order valence-corrected chi connectivity index (χ1v) is 14.2. The minimum Gasteiger partial charge on any atom is -0.497 e. The van der Waals surface area contributed by atoms with Crippen LogP contribution in [0, 0.1) is 0 Å². The molecule has 5 aromatic rings. The van der Waals surface area contributed by atoms with Gasteiger partial charge in [-0.1, -0.05) is 18.2 Å². The number of hydrogen-bond acceptors (Lipinski definition) is 5. The lowest BCUT2D eigenvalue weighted by atomic mass is 9.84. The Morgan fingerprint density at radius 1 is 0.683 bits per heavy atom. The van der Waals surface area contributed by atoms with Crippen LogP contribution in [0.4, 0.5) is 0 Å². The average molecular weight is 547 g/mol. The van der Waals surface area contributed by atoms with Crippen LogP contribution in [0.1, 0.15) is 46.8 Å². The van der Waals surface area contributed by atoms with E-state index < -0.39 is 0 Å². The summed E-state index contributed by atoms with van der Waals surface area (Å²) in [5.41, 5.74) is 10.5. The number of benzene rings is 3. The molecule has 0 unspecified atom stereocenters. The van der Waals surface area contributed by atoms with Gasteiger partial charge in [0.1, 0.15) is 17.2 Å². The van der Waals surface area contributed by atoms with Gasteiger partial charge in [-0.15, -0.1) is 0 Å². The Hall–Kier alpha value is -4.52. The Balaban J connectivity index is 1.28. The molecule has 7 heteroatoms. The summed E-state index contributed by atoms with van der Waals surface area (Å²) in [4.78, 5) is 17.5. The van der Waals surface area contributed by atoms with E-state index in [-0.39, 0.29) is 5.92 Å². The number of aromatic nitrogens is 2. The Bertz CT molecular complexity index is 1720. The van der Waals surface area contributed by atoms with E-state index in [1.165, 1.54) is 27.5 Å². The highest BCUT2D eigenvalue weighted by Gasteiger charge is 2.28. The molecule has 0 bridgehead atoms. The lowest BCUT2D eigenvalue weighted by molar-refractivity contribution is 0.406. The Morgan fingerprint density at radius 3 is 1.73 bits per heavy atom. The maximum Gasteiger partial charge on any atom is 0.122 e. The van der Waals surface area contributed by atoms with Crippen molar-refractivity contribution >= 4 is 33.2 Å². The second-order valence-corrected chi connectivity index (χ2v) is 10.8. The van der Waals surface area contributed by atoms with Crippen molar-refractivity contribution in [2.24, 2.45) is 9.98 Å². The highest BCUT2D eigenvalue weighted by atomic mass is 16.5. The first kappa shape index (κ1) is 25.4. The number of fused-ring (bicyclic) bond motifs is 6. The van der Waals surface area contributed by atoms with Crippen LogP contribution in [0.25, 0.3) is 21.8 Å². The third-order valence-corrected chi connectivity index (χ3v) is 8.59. The van der Waals surface area contributed by atoms with Crippen molar-refractivity contribution in [3.8, 4) is 17.2 Å². The van der Waals surface area contributed by atoms with Gasteiger partial charge in [0.15, 0.2) is 0 Å². The minimum atomic E-state index is 0.127. The molecule has 0 radical (unpaired) electrons. The lowest BCUT2D eigenvalue weighted by Crippen LogP contribution is -2.20. The largest absolute Gasteiger partial charge is 0.497 e. The summed E-state index contributed by atoms with van der Waals surface area (Å²) in [6.45, 7) is 1.57. The maximum atomic E-state index is 5.87. The van der Waals surface area contributed by atoms with Gasteiger partial charge in [-0.3, -0.25) is 9.98 Å². The highest BCUT2D eigenvalue weighted by Crippen LogP contribution is 2.38. The molecular formula is C34H34N4O3. The van der Waals surface area contributed by atoms with Gasteiger partial charge in [0.05, 0.1) is 44.1 Å². The quantitative estimate of drug-likeness (QED) is 0.229. The summed E-state index contributed by atoms with van der Waals surface area (Å²) in [6, 6.07) is 20.9. The summed E-state index contributed by atoms with van der Waals surface area (Å²) in [5.74, 6) is 2.73. The summed E-state index contributed by atoms with van der Waals surface area (Å²) >= 11 is 0. The molecule has 0 saturated heterocycles. The smallest absolute Gasteiger partial charge is 0.122 e. The number of rotatable bonds is 8. The third-order valence-electron chi connectivity index (χ3n) is 8.59. The molecule has 208 valence electrons. The molecule has 0 atom stereocenters. The summed E-state index contributed by atoms with van der Waals surface area (Å²) in [7, 11) is 5.16. The molecule has 0 fully saturated rings. The fourth-order valence-corrected chi connectivity index (χ4v) is 6.59. The number of nitrogens with zero attached hydrogens (tertiary/aromatic N) is 2. The topological polar surface area (TPSA) is 84.0 Å². The molecule has 7 nitrogen and oxygen atoms in total. The van der Waals surface area contributed by atoms with Gasteiger partial charge in [0.25, 0.3) is 0 Å². The van der Waals surface area contributed by atoms with Gasteiger partial charge in [0.2, 0.25) is 0 Å². The molecule has 2 aromatic heterocycles. The van der Waals surface area contributed by atoms with Crippen LogP contribution >= 0.6 is 0 Å². The van der Waals surface area contributed by atoms with E-state index in [4.69, 9.17) is 24.2 Å². The number of aliphatic imine (C=N–C) groups is 2. The van der Waals surface area contributed by atoms with Gasteiger partial charge in [0, 0.05) is 47.0 Å². The van der Waals surface area contributed by atoms with Crippen molar-refractivity contribution in [2.75, 3.05) is 34.4 Å². The summed E-state index contributed by atoms with van der Waals surface area (Å²) in [6.07, 6.45) is 3.41. The van der Waals surface area contributed by atoms with Crippen molar-refractivity contribution in [1.82, 2.24) is 9.97 Å². The van der Waals surface area contributed by atoms with Gasteiger partial charge in [-0.2, -0.15) is 0 Å². The Labute approximate surface area is 239 Å². The number of methoxy groups -OCH3 is 3. The first-order chi connectivity index (χ1) is 20.2. The molecule has 2 aliphatic heterocycles. The van der Waals surface area contributed by atoms with Crippen LogP contribution in [-0.4, -0.2) is 55.8 Å². The van der Waals surface area contributed by atoms with Crippen molar-refractivity contribution in [3.05, 3.63) is 88.7 Å². The van der Waals surface area contributed by atoms with Crippen LogP contribution in [0.3, 0.4) is 0 Å². The second kappa shape index (κ2) is 10.5. The number of ether oxygens (including phenoxy) is 3. The van der Waals surface area contributed by atoms with Crippen LogP contribution in [-0.2, 0) is 12.8 Å². The van der Waals surface area contributed by atoms with E-state index in [0.29, 0.717) is 0 Å². The van der Waals surface area contributed by atoms with Crippen molar-refractivity contribution < 1.29 is 14.2 Å². The van der Waals surface area contributed by atoms with Crippen molar-refractivity contribution in [3.63, 3.8) is 0 Å². The van der Waals surface area contributed by atoms with E-state index in [9.17, 15) is 0 Å². The van der Waals surface area contributed by atoms with E-state index in [2.05, 4.69) is 52.4 Å².